The van der Waals surface area contributed by atoms with Crippen molar-refractivity contribution in [2.24, 2.45) is 11.7 Å². The SMILES string of the molecule is Cc1cnn2c(N)cc(CC3CCN(C)CC3)nc12.Cc1cnn2c(N)cc(CCc3ccccc3)nc12.Cc1cnn2c(N)cc(N3CCNCC3)nc12.Nc1cc(N2CCC(N3C(=O)Cc4ccccc43)CC2)nc2ccnn12.Nc1cc(N2CCC(Oc3ncccn3)CC2)nc2ccnn12.Nc1cc(N2CCC3(CC2)C(=O)CCN3c2ccccc2)nc2ccnn12.Nc1cc(N2CC[C@H](N)C2)nc2ccnn12. The van der Waals surface area contributed by atoms with Gasteiger partial charge in [0.05, 0.1) is 49.8 Å². The van der Waals surface area contributed by atoms with Crippen molar-refractivity contribution in [2.45, 2.75) is 134 Å². The number of rotatable bonds is 14. The first-order valence-electron chi connectivity index (χ1n) is 50.4. The maximum absolute atomic E-state index is 12.9. The molecule has 0 bridgehead atoms. The van der Waals surface area contributed by atoms with Gasteiger partial charge in [0.1, 0.15) is 81.5 Å². The zero-order valence-corrected chi connectivity index (χ0v) is 83.2. The molecule has 1 atom stereocenters. The van der Waals surface area contributed by atoms with Crippen LogP contribution in [0.2, 0.25) is 0 Å². The van der Waals surface area contributed by atoms with Gasteiger partial charge in [-0.3, -0.25) is 9.59 Å². The van der Waals surface area contributed by atoms with Crippen molar-refractivity contribution >= 4 is 132 Å². The fourth-order valence-corrected chi connectivity index (χ4v) is 20.7. The molecule has 17 N–H and O–H groups in total. The number of aryl methyl sites for hydroxylation is 5. The molecule has 0 unspecified atom stereocenters. The van der Waals surface area contributed by atoms with Crippen LogP contribution in [0.15, 0.2) is 213 Å². The lowest BCUT2D eigenvalue weighted by Gasteiger charge is -2.45. The maximum Gasteiger partial charge on any atom is 0.316 e. The van der Waals surface area contributed by atoms with E-state index in [0.717, 1.165) is 269 Å². The van der Waals surface area contributed by atoms with E-state index in [1.54, 1.807) is 87.2 Å². The van der Waals surface area contributed by atoms with Gasteiger partial charge in [-0.05, 0) is 146 Å². The van der Waals surface area contributed by atoms with Crippen molar-refractivity contribution in [1.82, 2.24) is 122 Å². The van der Waals surface area contributed by atoms with Gasteiger partial charge in [-0.25, -0.2) is 44.9 Å². The Morgan fingerprint density at radius 3 is 1.36 bits per heavy atom. The van der Waals surface area contributed by atoms with Crippen molar-refractivity contribution in [2.75, 3.05) is 180 Å². The number of amides is 1. The number of piperidine rings is 4. The second-order valence-electron chi connectivity index (χ2n) is 38.6. The second kappa shape index (κ2) is 43.5. The summed E-state index contributed by atoms with van der Waals surface area (Å²) in [5.74, 6) is 10.1. The number of nitrogens with one attached hydrogen (secondary N) is 1. The van der Waals surface area contributed by atoms with E-state index in [9.17, 15) is 9.59 Å². The number of carbonyl (C=O) groups is 2. The molecular formula is C104H126N40O3. The lowest BCUT2D eigenvalue weighted by atomic mass is 9.83. The van der Waals surface area contributed by atoms with Gasteiger partial charge in [-0.1, -0.05) is 66.7 Å². The van der Waals surface area contributed by atoms with Gasteiger partial charge in [0.25, 0.3) is 0 Å². The molecule has 760 valence electrons. The zero-order valence-electron chi connectivity index (χ0n) is 83.2. The smallest absolute Gasteiger partial charge is 0.316 e. The van der Waals surface area contributed by atoms with E-state index in [1.165, 1.54) is 31.5 Å². The quantitative estimate of drug-likeness (QED) is 0.0490. The van der Waals surface area contributed by atoms with Crippen molar-refractivity contribution in [3.63, 3.8) is 0 Å². The average molecular weight is 1980 g/mol. The fourth-order valence-electron chi connectivity index (χ4n) is 20.7. The third-order valence-corrected chi connectivity index (χ3v) is 28.6. The normalized spacial score (nSPS) is 17.2. The molecule has 43 heteroatoms. The van der Waals surface area contributed by atoms with Gasteiger partial charge in [-0.15, -0.1) is 0 Å². The number of nitrogen functional groups attached to an aromatic ring is 7. The zero-order chi connectivity index (χ0) is 101. The Balaban J connectivity index is 0.000000105. The maximum atomic E-state index is 12.9. The van der Waals surface area contributed by atoms with Crippen LogP contribution in [0.3, 0.4) is 0 Å². The predicted octanol–water partition coefficient (Wildman–Crippen LogP) is 8.94. The van der Waals surface area contributed by atoms with E-state index in [2.05, 4.69) is 171 Å². The summed E-state index contributed by atoms with van der Waals surface area (Å²) in [4.78, 5) is 83.8. The highest BCUT2D eigenvalue weighted by Gasteiger charge is 2.50. The summed E-state index contributed by atoms with van der Waals surface area (Å²) in [7, 11) is 2.19. The molecular weight excluding hydrogens is 1860 g/mol. The van der Waals surface area contributed by atoms with Crippen molar-refractivity contribution < 1.29 is 14.3 Å². The van der Waals surface area contributed by atoms with Gasteiger partial charge in [0.15, 0.2) is 45.3 Å². The summed E-state index contributed by atoms with van der Waals surface area (Å²) < 4.78 is 17.4. The second-order valence-corrected chi connectivity index (χ2v) is 38.6. The molecule has 18 aromatic rings. The first-order valence-corrected chi connectivity index (χ1v) is 50.4. The number of fused-ring (bicyclic) bond motifs is 8. The third kappa shape index (κ3) is 21.8. The highest BCUT2D eigenvalue weighted by atomic mass is 16.5. The van der Waals surface area contributed by atoms with E-state index in [4.69, 9.17) is 55.6 Å². The van der Waals surface area contributed by atoms with Crippen LogP contribution >= 0.6 is 0 Å². The number of hydrogen-bond donors (Lipinski definition) is 9. The number of nitrogens with zero attached hydrogens (tertiary/aromatic N) is 31. The number of hydrogen-bond acceptors (Lipinski definition) is 35. The largest absolute Gasteiger partial charge is 0.460 e. The Hall–Kier alpha value is -16.7. The van der Waals surface area contributed by atoms with Gasteiger partial charge < -0.3 is 95.1 Å². The molecule has 0 aliphatic carbocycles. The average Bonchev–Trinajstić information content (AvgIpc) is 1.61. The number of aromatic nitrogens is 23. The van der Waals surface area contributed by atoms with Gasteiger partial charge >= 0.3 is 6.01 Å². The predicted molar refractivity (Wildman–Crippen MR) is 572 cm³/mol. The lowest BCUT2D eigenvalue weighted by Crippen LogP contribution is -2.56. The molecule has 7 saturated heterocycles. The number of para-hydroxylation sites is 2. The van der Waals surface area contributed by atoms with Crippen LogP contribution in [-0.4, -0.2) is 258 Å². The lowest BCUT2D eigenvalue weighted by molar-refractivity contribution is -0.122. The molecule has 1 amide bonds. The Morgan fingerprint density at radius 2 is 0.844 bits per heavy atom. The minimum absolute atomic E-state index is 0.129. The Bertz CT molecular complexity index is 7590. The Kier molecular flexibility index (Phi) is 28.9. The molecule has 3 aromatic carbocycles. The molecule has 1 spiro atoms. The van der Waals surface area contributed by atoms with E-state index in [1.807, 2.05) is 135 Å². The van der Waals surface area contributed by atoms with Crippen LogP contribution in [0.4, 0.5) is 81.2 Å². The number of Topliss-reactive ketones (excluding diaryl/α,β-unsaturated/α-hetero) is 1. The number of nitrogens with two attached hydrogens (primary N) is 8. The van der Waals surface area contributed by atoms with E-state index < -0.39 is 0 Å². The molecule has 23 heterocycles. The number of carbonyl (C=O) groups excluding carboxylic acids is 2. The molecule has 8 aliphatic heterocycles. The van der Waals surface area contributed by atoms with Crippen LogP contribution in [-0.2, 0) is 35.3 Å². The summed E-state index contributed by atoms with van der Waals surface area (Å²) >= 11 is 0. The van der Waals surface area contributed by atoms with Crippen LogP contribution in [0, 0.1) is 26.7 Å². The standard InChI is InChI=1S/C20H22N6O.C19H20N6O.C15H17N7O.C15H16N4.C14H21N5.C11H16N6.C10H14N6/c21-17-14-19(23-18-6-10-22-26(17)18)24-12-8-20(9-13-24)16(27)7-11-25(20)15-4-2-1-3-5-15;20-16-12-18(22-17-5-8-21-25(16)17)23-9-6-14(7-10-23)24-15-4-2-1-3-13(15)11-19(24)26;16-12-10-14(20-13-2-7-19-22(12)13)21-8-3-11(4-9-21)23-15-17-5-1-6-18-15;1-11-10-17-19-14(16)9-13(18-15(11)19)8-7-12-5-3-2-4-6-12;1-10-9-16-19-13(15)8-12(17-14(10)19)7-11-3-5-18(2)6-4-11;1-8-7-14-17-9(12)6-10(15-11(8)17)16-4-2-13-3-5-16;11-7-2-4-15(6-7)10-5-8(12)16-9(14-10)1-3-13-16/h1-6,10,14H,7-9,11-13,21H2;1-5,8,12,14H,6-7,9-11,20H2;1-2,5-7,10-11H,3-4,8-9,16H2;2-6,9-10H,7-8,16H2,1H3;8-9,11H,3-7,15H2,1-2H3;6-7,13H,2-5,12H2,1H3;1,3,5,7H,2,4,6,11-12H2/t;;;;;;7-/m......0/s1. The molecule has 147 heavy (non-hydrogen) atoms. The van der Waals surface area contributed by atoms with Gasteiger partial charge in [0.2, 0.25) is 5.91 Å². The van der Waals surface area contributed by atoms with E-state index in [-0.39, 0.29) is 29.6 Å². The number of ketones is 1. The third-order valence-electron chi connectivity index (χ3n) is 28.6. The molecule has 26 rings (SSSR count). The molecule has 0 saturated carbocycles. The van der Waals surface area contributed by atoms with Crippen LogP contribution < -0.4 is 90.2 Å². The Labute approximate surface area is 848 Å². The van der Waals surface area contributed by atoms with Gasteiger partial charge in [0, 0.05) is 235 Å². The topological polar surface area (TPSA) is 527 Å². The summed E-state index contributed by atoms with van der Waals surface area (Å²) in [6, 6.07) is 52.1. The highest BCUT2D eigenvalue weighted by molar-refractivity contribution is 6.02. The Morgan fingerprint density at radius 1 is 0.408 bits per heavy atom. The van der Waals surface area contributed by atoms with E-state index in [0.29, 0.717) is 65.4 Å². The van der Waals surface area contributed by atoms with Crippen molar-refractivity contribution in [3.05, 3.63) is 253 Å². The molecule has 0 radical (unpaired) electrons. The first-order chi connectivity index (χ1) is 71.5. The fraction of sp³-hybridized carbons (Fsp3) is 0.365. The van der Waals surface area contributed by atoms with Crippen LogP contribution in [0.5, 0.6) is 6.01 Å². The monoisotopic (exact) mass is 1980 g/mol. The minimum atomic E-state index is -0.385. The van der Waals surface area contributed by atoms with Gasteiger partial charge in [-0.2, -0.15) is 67.3 Å². The number of benzene rings is 3. The first kappa shape index (κ1) is 97.7. The molecule has 43 nitrogen and oxygen atoms in total. The number of likely N-dealkylation sites (tertiary alicyclic amines) is 1. The van der Waals surface area contributed by atoms with Crippen LogP contribution in [0.25, 0.3) is 39.5 Å². The summed E-state index contributed by atoms with van der Waals surface area (Å²) in [6.45, 7) is 19.9. The number of anilines is 14. The number of piperazine rings is 1. The summed E-state index contributed by atoms with van der Waals surface area (Å²) in [5, 5.41) is 32.5. The minimum Gasteiger partial charge on any atom is -0.460 e. The summed E-state index contributed by atoms with van der Waals surface area (Å²) in [5.41, 5.74) is 63.3. The van der Waals surface area contributed by atoms with E-state index >= 15 is 0 Å². The molecule has 8 aliphatic rings. The van der Waals surface area contributed by atoms with Crippen molar-refractivity contribution in [1.29, 1.82) is 0 Å². The number of ether oxygens (including phenoxy) is 1. The molecule has 15 aromatic heterocycles. The molecule has 7 fully saturated rings. The van der Waals surface area contributed by atoms with Crippen molar-refractivity contribution in [3.8, 4) is 6.01 Å². The van der Waals surface area contributed by atoms with Crippen LogP contribution in [0.1, 0.15) is 103 Å². The summed E-state index contributed by atoms with van der Waals surface area (Å²) in [6.07, 6.45) is 28.5. The highest BCUT2D eigenvalue weighted by Crippen LogP contribution is 2.42.